The van der Waals surface area contributed by atoms with Crippen molar-refractivity contribution >= 4 is 22.5 Å². The summed E-state index contributed by atoms with van der Waals surface area (Å²) >= 11 is 0. The van der Waals surface area contributed by atoms with Gasteiger partial charge in [-0.1, -0.05) is 18.2 Å². The highest BCUT2D eigenvalue weighted by atomic mass is 16.5. The van der Waals surface area contributed by atoms with Crippen LogP contribution in [0.3, 0.4) is 0 Å². The minimum absolute atomic E-state index is 0.159. The molecule has 1 aliphatic carbocycles. The first-order chi connectivity index (χ1) is 11.2. The highest BCUT2D eigenvalue weighted by Gasteiger charge is 2.35. The van der Waals surface area contributed by atoms with Gasteiger partial charge in [-0.05, 0) is 13.0 Å². The number of rotatable bonds is 2. The fourth-order valence-electron chi connectivity index (χ4n) is 3.28. The summed E-state index contributed by atoms with van der Waals surface area (Å²) < 4.78 is 6.99. The Morgan fingerprint density at radius 2 is 1.91 bits per heavy atom. The molecule has 3 aromatic rings. The van der Waals surface area contributed by atoms with Crippen molar-refractivity contribution in [2.45, 2.75) is 13.5 Å². The maximum absolute atomic E-state index is 13.0. The molecule has 0 bridgehead atoms. The Bertz CT molecular complexity index is 985. The van der Waals surface area contributed by atoms with E-state index < -0.39 is 0 Å². The fourth-order valence-corrected chi connectivity index (χ4v) is 3.28. The molecule has 1 aromatic carbocycles. The molecule has 23 heavy (non-hydrogen) atoms. The van der Waals surface area contributed by atoms with Crippen molar-refractivity contribution in [1.29, 1.82) is 0 Å². The molecule has 5 heteroatoms. The summed E-state index contributed by atoms with van der Waals surface area (Å²) in [6.45, 7) is 2.58. The number of hydrogen-bond donors (Lipinski definition) is 0. The van der Waals surface area contributed by atoms with E-state index in [0.717, 1.165) is 10.9 Å². The van der Waals surface area contributed by atoms with Crippen LogP contribution >= 0.6 is 0 Å². The average molecular weight is 306 g/mol. The summed E-state index contributed by atoms with van der Waals surface area (Å²) in [5.41, 5.74) is 2.52. The van der Waals surface area contributed by atoms with Crippen molar-refractivity contribution in [1.82, 2.24) is 9.55 Å². The molecule has 0 N–H and O–H groups in total. The van der Waals surface area contributed by atoms with E-state index in [-0.39, 0.29) is 11.6 Å². The van der Waals surface area contributed by atoms with Crippen LogP contribution < -0.4 is 4.74 Å². The molecule has 0 saturated heterocycles. The van der Waals surface area contributed by atoms with Gasteiger partial charge in [0.25, 0.3) is 0 Å². The monoisotopic (exact) mass is 306 g/mol. The number of aryl methyl sites for hydroxylation is 1. The summed E-state index contributed by atoms with van der Waals surface area (Å²) in [5.74, 6) is 0.00835. The highest BCUT2D eigenvalue weighted by molar-refractivity contribution is 6.32. The lowest BCUT2D eigenvalue weighted by Gasteiger charge is -2.17. The molecule has 0 aliphatic heterocycles. The van der Waals surface area contributed by atoms with E-state index in [9.17, 15) is 9.59 Å². The van der Waals surface area contributed by atoms with Crippen molar-refractivity contribution in [3.63, 3.8) is 0 Å². The van der Waals surface area contributed by atoms with E-state index in [0.29, 0.717) is 34.8 Å². The van der Waals surface area contributed by atoms with Gasteiger partial charge in [0.15, 0.2) is 5.78 Å². The zero-order valence-electron chi connectivity index (χ0n) is 12.8. The van der Waals surface area contributed by atoms with Gasteiger partial charge in [-0.15, -0.1) is 0 Å². The smallest absolute Gasteiger partial charge is 0.213 e. The van der Waals surface area contributed by atoms with Crippen LogP contribution in [0.2, 0.25) is 0 Å². The SMILES string of the molecule is CCn1c2c(c3ccccc31)C(=O)c1cnc(OC)cc1C2=O. The molecule has 1 aliphatic rings. The van der Waals surface area contributed by atoms with Crippen molar-refractivity contribution in [3.05, 3.63) is 58.9 Å². The molecule has 0 spiro atoms. The Balaban J connectivity index is 2.10. The van der Waals surface area contributed by atoms with Gasteiger partial charge in [-0.2, -0.15) is 0 Å². The first kappa shape index (κ1) is 13.7. The first-order valence-electron chi connectivity index (χ1n) is 7.42. The van der Waals surface area contributed by atoms with Crippen LogP contribution in [0.4, 0.5) is 0 Å². The molecule has 0 saturated carbocycles. The number of carbonyl (C=O) groups is 2. The number of ether oxygens (including phenoxy) is 1. The third-order valence-electron chi connectivity index (χ3n) is 4.31. The van der Waals surface area contributed by atoms with E-state index >= 15 is 0 Å². The molecule has 0 unspecified atom stereocenters. The number of fused-ring (bicyclic) bond motifs is 4. The summed E-state index contributed by atoms with van der Waals surface area (Å²) in [4.78, 5) is 30.0. The molecular formula is C18H14N2O3. The topological polar surface area (TPSA) is 61.2 Å². The summed E-state index contributed by atoms with van der Waals surface area (Å²) in [6, 6.07) is 9.14. The van der Waals surface area contributed by atoms with Crippen molar-refractivity contribution < 1.29 is 14.3 Å². The van der Waals surface area contributed by atoms with Crippen LogP contribution in [0.5, 0.6) is 5.88 Å². The molecule has 114 valence electrons. The number of carbonyl (C=O) groups excluding carboxylic acids is 2. The molecule has 4 rings (SSSR count). The molecule has 0 atom stereocenters. The molecule has 0 radical (unpaired) electrons. The predicted molar refractivity (Wildman–Crippen MR) is 85.3 cm³/mol. The van der Waals surface area contributed by atoms with E-state index in [2.05, 4.69) is 4.98 Å². The fraction of sp³-hybridized carbons (Fsp3) is 0.167. The molecular weight excluding hydrogens is 292 g/mol. The van der Waals surface area contributed by atoms with E-state index in [1.165, 1.54) is 19.4 Å². The second-order valence-corrected chi connectivity index (χ2v) is 5.42. The van der Waals surface area contributed by atoms with Gasteiger partial charge in [0.2, 0.25) is 11.7 Å². The normalized spacial score (nSPS) is 13.1. The average Bonchev–Trinajstić information content (AvgIpc) is 2.94. The summed E-state index contributed by atoms with van der Waals surface area (Å²) in [7, 11) is 1.48. The molecule has 2 heterocycles. The first-order valence-corrected chi connectivity index (χ1v) is 7.42. The maximum Gasteiger partial charge on any atom is 0.213 e. The van der Waals surface area contributed by atoms with Gasteiger partial charge in [-0.3, -0.25) is 9.59 Å². The van der Waals surface area contributed by atoms with Gasteiger partial charge in [0, 0.05) is 35.3 Å². The number of para-hydroxylation sites is 1. The Morgan fingerprint density at radius 1 is 1.13 bits per heavy atom. The number of ketones is 2. The largest absolute Gasteiger partial charge is 0.481 e. The Labute approximate surface area is 132 Å². The third-order valence-corrected chi connectivity index (χ3v) is 4.31. The van der Waals surface area contributed by atoms with Crippen LogP contribution in [0.25, 0.3) is 10.9 Å². The van der Waals surface area contributed by atoms with Crippen molar-refractivity contribution in [3.8, 4) is 5.88 Å². The van der Waals surface area contributed by atoms with Gasteiger partial charge in [-0.25, -0.2) is 4.98 Å². The van der Waals surface area contributed by atoms with Gasteiger partial charge in [0.1, 0.15) is 5.69 Å². The lowest BCUT2D eigenvalue weighted by molar-refractivity contribution is 0.0973. The van der Waals surface area contributed by atoms with Crippen LogP contribution in [-0.4, -0.2) is 28.2 Å². The Kier molecular flexibility index (Phi) is 2.84. The number of benzene rings is 1. The molecule has 5 nitrogen and oxygen atoms in total. The number of methoxy groups -OCH3 is 1. The quantitative estimate of drug-likeness (QED) is 0.571. The molecule has 2 aromatic heterocycles. The summed E-state index contributed by atoms with van der Waals surface area (Å²) in [5, 5.41) is 0.809. The number of nitrogens with zero attached hydrogens (tertiary/aromatic N) is 2. The standard InChI is InChI=1S/C18H14N2O3/c1-3-20-13-7-5-4-6-10(13)15-16(20)18(22)11-8-14(23-2)19-9-12(11)17(15)21/h4-9H,3H2,1-2H3. The number of aromatic nitrogens is 2. The number of hydrogen-bond acceptors (Lipinski definition) is 4. The van der Waals surface area contributed by atoms with E-state index in [1.807, 2.05) is 35.8 Å². The van der Waals surface area contributed by atoms with Crippen molar-refractivity contribution in [2.75, 3.05) is 7.11 Å². The third kappa shape index (κ3) is 1.70. The van der Waals surface area contributed by atoms with Gasteiger partial charge in [0.05, 0.1) is 18.2 Å². The van der Waals surface area contributed by atoms with Crippen LogP contribution in [0.1, 0.15) is 38.9 Å². The Morgan fingerprint density at radius 3 is 2.65 bits per heavy atom. The molecule has 0 amide bonds. The van der Waals surface area contributed by atoms with Gasteiger partial charge < -0.3 is 9.30 Å². The van der Waals surface area contributed by atoms with E-state index in [4.69, 9.17) is 4.74 Å². The lowest BCUT2D eigenvalue weighted by Crippen LogP contribution is -2.23. The van der Waals surface area contributed by atoms with E-state index in [1.54, 1.807) is 0 Å². The highest BCUT2D eigenvalue weighted by Crippen LogP contribution is 2.35. The minimum atomic E-state index is -0.159. The predicted octanol–water partition coefficient (Wildman–Crippen LogP) is 2.84. The zero-order valence-corrected chi connectivity index (χ0v) is 12.8. The second-order valence-electron chi connectivity index (χ2n) is 5.42. The maximum atomic E-state index is 13.0. The van der Waals surface area contributed by atoms with Crippen LogP contribution in [0.15, 0.2) is 36.5 Å². The second kappa shape index (κ2) is 4.78. The van der Waals surface area contributed by atoms with Gasteiger partial charge >= 0.3 is 0 Å². The summed E-state index contributed by atoms with van der Waals surface area (Å²) in [6.07, 6.45) is 1.43. The van der Waals surface area contributed by atoms with Crippen LogP contribution in [0, 0.1) is 0 Å². The minimum Gasteiger partial charge on any atom is -0.481 e. The van der Waals surface area contributed by atoms with Crippen molar-refractivity contribution in [2.24, 2.45) is 0 Å². The zero-order chi connectivity index (χ0) is 16.1. The van der Waals surface area contributed by atoms with Crippen LogP contribution in [-0.2, 0) is 6.54 Å². The lowest BCUT2D eigenvalue weighted by atomic mass is 9.88. The Hall–Kier alpha value is -2.95. The number of pyridine rings is 1. The molecule has 0 fully saturated rings.